The minimum absolute atomic E-state index is 0.145. The molecule has 0 aliphatic rings. The molecule has 126 valence electrons. The zero-order valence-corrected chi connectivity index (χ0v) is 13.0. The number of nitro groups is 1. The molecule has 2 rings (SSSR count). The summed E-state index contributed by atoms with van der Waals surface area (Å²) in [5, 5.41) is 12.3. The van der Waals surface area contributed by atoms with Gasteiger partial charge in [0.15, 0.2) is 0 Å². The molecule has 0 aliphatic carbocycles. The van der Waals surface area contributed by atoms with E-state index in [1.54, 1.807) is 0 Å². The van der Waals surface area contributed by atoms with Crippen molar-refractivity contribution in [3.05, 3.63) is 67.7 Å². The quantitative estimate of drug-likeness (QED) is 0.591. The van der Waals surface area contributed by atoms with Gasteiger partial charge in [0.1, 0.15) is 0 Å². The van der Waals surface area contributed by atoms with Crippen LogP contribution in [0.15, 0.2) is 36.4 Å². The Morgan fingerprint density at radius 3 is 2.33 bits per heavy atom. The number of anilines is 1. The van der Waals surface area contributed by atoms with Crippen molar-refractivity contribution >= 4 is 40.5 Å². The second-order valence-corrected chi connectivity index (χ2v) is 5.41. The SMILES string of the molecule is O=C(Nc1ccc(Cl)cc1C(F)(F)F)c1ccc([N+](=O)[O-])cc1Cl. The molecule has 2 aromatic carbocycles. The summed E-state index contributed by atoms with van der Waals surface area (Å²) < 4.78 is 39.0. The zero-order valence-electron chi connectivity index (χ0n) is 11.5. The van der Waals surface area contributed by atoms with Gasteiger partial charge < -0.3 is 5.32 Å². The van der Waals surface area contributed by atoms with Crippen LogP contribution in [0.4, 0.5) is 24.5 Å². The van der Waals surface area contributed by atoms with Crippen LogP contribution in [0.1, 0.15) is 15.9 Å². The molecule has 0 bridgehead atoms. The number of nitrogens with one attached hydrogen (secondary N) is 1. The van der Waals surface area contributed by atoms with Gasteiger partial charge in [0.25, 0.3) is 11.6 Å². The van der Waals surface area contributed by atoms with Crippen molar-refractivity contribution in [1.82, 2.24) is 0 Å². The third kappa shape index (κ3) is 3.95. The molecule has 0 spiro atoms. The summed E-state index contributed by atoms with van der Waals surface area (Å²) >= 11 is 11.3. The fourth-order valence-corrected chi connectivity index (χ4v) is 2.28. The predicted octanol–water partition coefficient (Wildman–Crippen LogP) is 5.17. The van der Waals surface area contributed by atoms with Crippen LogP contribution in [0.2, 0.25) is 10.0 Å². The third-order valence-electron chi connectivity index (χ3n) is 2.94. The summed E-state index contributed by atoms with van der Waals surface area (Å²) in [6.07, 6.45) is -4.73. The lowest BCUT2D eigenvalue weighted by Crippen LogP contribution is -2.17. The Morgan fingerprint density at radius 2 is 1.79 bits per heavy atom. The molecule has 0 atom stereocenters. The van der Waals surface area contributed by atoms with Crippen molar-refractivity contribution in [1.29, 1.82) is 0 Å². The molecule has 0 saturated heterocycles. The van der Waals surface area contributed by atoms with Crippen LogP contribution in [-0.4, -0.2) is 10.8 Å². The standard InChI is InChI=1S/C14H7Cl2F3N2O3/c15-7-1-4-12(10(5-7)14(17,18)19)20-13(22)9-3-2-8(21(23)24)6-11(9)16/h1-6H,(H,20,22). The first-order chi connectivity index (χ1) is 11.1. The second-order valence-electron chi connectivity index (χ2n) is 4.56. The molecule has 0 heterocycles. The number of carbonyl (C=O) groups is 1. The lowest BCUT2D eigenvalue weighted by Gasteiger charge is -2.14. The van der Waals surface area contributed by atoms with Crippen LogP contribution in [0.3, 0.4) is 0 Å². The molecule has 1 amide bonds. The topological polar surface area (TPSA) is 72.2 Å². The monoisotopic (exact) mass is 378 g/mol. The van der Waals surface area contributed by atoms with Crippen molar-refractivity contribution < 1.29 is 22.9 Å². The molecule has 10 heteroatoms. The zero-order chi connectivity index (χ0) is 18.1. The van der Waals surface area contributed by atoms with Gasteiger partial charge in [-0.2, -0.15) is 13.2 Å². The molecule has 2 aromatic rings. The number of nitro benzene ring substituents is 1. The first kappa shape index (κ1) is 18.0. The minimum Gasteiger partial charge on any atom is -0.321 e. The molecular weight excluding hydrogens is 372 g/mol. The number of alkyl halides is 3. The first-order valence-corrected chi connectivity index (χ1v) is 6.97. The second kappa shape index (κ2) is 6.66. The number of amides is 1. The maximum atomic E-state index is 13.0. The Balaban J connectivity index is 2.36. The highest BCUT2D eigenvalue weighted by atomic mass is 35.5. The fraction of sp³-hybridized carbons (Fsp3) is 0.0714. The summed E-state index contributed by atoms with van der Waals surface area (Å²) in [6.45, 7) is 0. The van der Waals surface area contributed by atoms with E-state index in [0.29, 0.717) is 6.07 Å². The number of hydrogen-bond donors (Lipinski definition) is 1. The van der Waals surface area contributed by atoms with Gasteiger partial charge in [-0.3, -0.25) is 14.9 Å². The molecule has 0 aromatic heterocycles. The molecule has 1 N–H and O–H groups in total. The van der Waals surface area contributed by atoms with Gasteiger partial charge in [0.2, 0.25) is 0 Å². The van der Waals surface area contributed by atoms with Crippen LogP contribution >= 0.6 is 23.2 Å². The maximum Gasteiger partial charge on any atom is 0.418 e. The van der Waals surface area contributed by atoms with E-state index >= 15 is 0 Å². The van der Waals surface area contributed by atoms with Crippen LogP contribution in [0.5, 0.6) is 0 Å². The Labute approximate surface area is 143 Å². The van der Waals surface area contributed by atoms with E-state index < -0.39 is 28.3 Å². The van der Waals surface area contributed by atoms with Crippen molar-refractivity contribution in [3.63, 3.8) is 0 Å². The van der Waals surface area contributed by atoms with E-state index in [1.165, 1.54) is 6.07 Å². The summed E-state index contributed by atoms with van der Waals surface area (Å²) in [4.78, 5) is 22.0. The van der Waals surface area contributed by atoms with Gasteiger partial charge in [-0.25, -0.2) is 0 Å². The molecule has 5 nitrogen and oxygen atoms in total. The number of benzene rings is 2. The van der Waals surface area contributed by atoms with Crippen LogP contribution in [0, 0.1) is 10.1 Å². The number of halogens is 5. The summed E-state index contributed by atoms with van der Waals surface area (Å²) in [7, 11) is 0. The lowest BCUT2D eigenvalue weighted by atomic mass is 10.1. The van der Waals surface area contributed by atoms with Gasteiger partial charge in [0.05, 0.1) is 26.8 Å². The molecule has 0 unspecified atom stereocenters. The van der Waals surface area contributed by atoms with Crippen molar-refractivity contribution in [3.8, 4) is 0 Å². The van der Waals surface area contributed by atoms with Crippen molar-refractivity contribution in [2.45, 2.75) is 6.18 Å². The highest BCUT2D eigenvalue weighted by Gasteiger charge is 2.34. The molecule has 0 fully saturated rings. The van der Waals surface area contributed by atoms with Crippen molar-refractivity contribution in [2.24, 2.45) is 0 Å². The Morgan fingerprint density at radius 1 is 1.12 bits per heavy atom. The van der Waals surface area contributed by atoms with Gasteiger partial charge in [-0.05, 0) is 24.3 Å². The normalized spacial score (nSPS) is 11.2. The molecule has 24 heavy (non-hydrogen) atoms. The largest absolute Gasteiger partial charge is 0.418 e. The highest BCUT2D eigenvalue weighted by molar-refractivity contribution is 6.34. The molecular formula is C14H7Cl2F3N2O3. The van der Waals surface area contributed by atoms with Gasteiger partial charge in [0, 0.05) is 17.2 Å². The lowest BCUT2D eigenvalue weighted by molar-refractivity contribution is -0.384. The number of hydrogen-bond acceptors (Lipinski definition) is 3. The number of non-ortho nitro benzene ring substituents is 1. The van der Waals surface area contributed by atoms with E-state index in [-0.39, 0.29) is 21.3 Å². The first-order valence-electron chi connectivity index (χ1n) is 6.21. The molecule has 0 aliphatic heterocycles. The Hall–Kier alpha value is -2.32. The van der Waals surface area contributed by atoms with Gasteiger partial charge in [-0.1, -0.05) is 23.2 Å². The predicted molar refractivity (Wildman–Crippen MR) is 82.5 cm³/mol. The average molecular weight is 379 g/mol. The Bertz CT molecular complexity index is 825. The van der Waals surface area contributed by atoms with Crippen LogP contribution in [-0.2, 0) is 6.18 Å². The van der Waals surface area contributed by atoms with E-state index in [1.807, 2.05) is 0 Å². The van der Waals surface area contributed by atoms with E-state index in [2.05, 4.69) is 5.32 Å². The smallest absolute Gasteiger partial charge is 0.321 e. The maximum absolute atomic E-state index is 13.0. The third-order valence-corrected chi connectivity index (χ3v) is 3.49. The van der Waals surface area contributed by atoms with Crippen LogP contribution in [0.25, 0.3) is 0 Å². The number of carbonyl (C=O) groups excluding carboxylic acids is 1. The van der Waals surface area contributed by atoms with Crippen molar-refractivity contribution in [2.75, 3.05) is 5.32 Å². The van der Waals surface area contributed by atoms with E-state index in [0.717, 1.165) is 24.3 Å². The highest BCUT2D eigenvalue weighted by Crippen LogP contribution is 2.37. The average Bonchev–Trinajstić information content (AvgIpc) is 2.47. The molecule has 0 radical (unpaired) electrons. The number of nitrogens with zero attached hydrogens (tertiary/aromatic N) is 1. The van der Waals surface area contributed by atoms with E-state index in [9.17, 15) is 28.1 Å². The van der Waals surface area contributed by atoms with Crippen LogP contribution < -0.4 is 5.32 Å². The van der Waals surface area contributed by atoms with Gasteiger partial charge >= 0.3 is 6.18 Å². The fourth-order valence-electron chi connectivity index (χ4n) is 1.85. The summed E-state index contributed by atoms with van der Waals surface area (Å²) in [5.74, 6) is -0.942. The Kier molecular flexibility index (Phi) is 5.00. The summed E-state index contributed by atoms with van der Waals surface area (Å²) in [6, 6.07) is 5.87. The van der Waals surface area contributed by atoms with Gasteiger partial charge in [-0.15, -0.1) is 0 Å². The van der Waals surface area contributed by atoms with E-state index in [4.69, 9.17) is 23.2 Å². The summed E-state index contributed by atoms with van der Waals surface area (Å²) in [5.41, 5.74) is -2.18. The minimum atomic E-state index is -4.73. The molecule has 0 saturated carbocycles. The number of rotatable bonds is 3.